The van der Waals surface area contributed by atoms with Crippen molar-refractivity contribution in [1.82, 2.24) is 4.98 Å². The lowest BCUT2D eigenvalue weighted by Crippen LogP contribution is -2.42. The van der Waals surface area contributed by atoms with E-state index >= 15 is 0 Å². The molecular formula is C15H22Cl2N2. The fourth-order valence-corrected chi connectivity index (χ4v) is 3.90. The van der Waals surface area contributed by atoms with Crippen molar-refractivity contribution in [1.29, 1.82) is 0 Å². The van der Waals surface area contributed by atoms with Crippen molar-refractivity contribution >= 4 is 29.8 Å². The molecule has 106 valence electrons. The molecule has 2 heterocycles. The summed E-state index contributed by atoms with van der Waals surface area (Å²) in [6.07, 6.45) is 7.92. The molecule has 1 unspecified atom stereocenters. The Kier molecular flexibility index (Phi) is 4.97. The number of hydrogen-bond acceptors (Lipinski definition) is 2. The lowest BCUT2D eigenvalue weighted by atomic mass is 9.70. The third-order valence-electron chi connectivity index (χ3n) is 4.59. The molecule has 0 saturated heterocycles. The van der Waals surface area contributed by atoms with Crippen LogP contribution in [-0.4, -0.2) is 11.0 Å². The van der Waals surface area contributed by atoms with E-state index in [0.29, 0.717) is 11.2 Å². The summed E-state index contributed by atoms with van der Waals surface area (Å²) in [4.78, 5) is 4.43. The molecule has 0 spiro atoms. The Morgan fingerprint density at radius 1 is 1.37 bits per heavy atom. The van der Waals surface area contributed by atoms with Crippen molar-refractivity contribution in [3.63, 3.8) is 0 Å². The molecule has 1 aromatic rings. The van der Waals surface area contributed by atoms with Crippen LogP contribution in [0, 0.1) is 11.8 Å². The number of nitrogens with one attached hydrogen (secondary N) is 1. The van der Waals surface area contributed by atoms with Gasteiger partial charge in [0.15, 0.2) is 0 Å². The number of nitrogens with zero attached hydrogens (tertiary/aromatic N) is 1. The highest BCUT2D eigenvalue weighted by Gasteiger charge is 2.36. The first-order chi connectivity index (χ1) is 8.78. The Morgan fingerprint density at radius 2 is 2.21 bits per heavy atom. The van der Waals surface area contributed by atoms with Gasteiger partial charge in [0.25, 0.3) is 0 Å². The molecule has 3 atom stereocenters. The lowest BCUT2D eigenvalue weighted by molar-refractivity contribution is 0.196. The van der Waals surface area contributed by atoms with E-state index in [1.807, 2.05) is 6.07 Å². The average molecular weight is 301 g/mol. The van der Waals surface area contributed by atoms with E-state index in [1.165, 1.54) is 44.1 Å². The van der Waals surface area contributed by atoms with Gasteiger partial charge in [-0.15, -0.1) is 12.4 Å². The van der Waals surface area contributed by atoms with Crippen molar-refractivity contribution in [3.05, 3.63) is 22.8 Å². The summed E-state index contributed by atoms with van der Waals surface area (Å²) >= 11 is 5.98. The maximum atomic E-state index is 5.98. The predicted molar refractivity (Wildman–Crippen MR) is 83.3 cm³/mol. The van der Waals surface area contributed by atoms with Gasteiger partial charge < -0.3 is 5.32 Å². The number of halogens is 2. The van der Waals surface area contributed by atoms with Crippen LogP contribution in [-0.2, 0) is 6.42 Å². The Hall–Kier alpha value is -0.470. The normalized spacial score (nSPS) is 28.6. The minimum atomic E-state index is 0. The molecule has 2 nitrogen and oxygen atoms in total. The van der Waals surface area contributed by atoms with Gasteiger partial charge in [-0.05, 0) is 36.3 Å². The van der Waals surface area contributed by atoms with Gasteiger partial charge in [0.05, 0.1) is 0 Å². The first-order valence-corrected chi connectivity index (χ1v) is 7.57. The second kappa shape index (κ2) is 6.32. The Balaban J connectivity index is 0.00000133. The molecule has 0 amide bonds. The van der Waals surface area contributed by atoms with Crippen LogP contribution in [0.5, 0.6) is 0 Å². The molecule has 1 aromatic heterocycles. The summed E-state index contributed by atoms with van der Waals surface area (Å²) in [7, 11) is 0. The largest absolute Gasteiger partial charge is 0.367 e. The van der Waals surface area contributed by atoms with Gasteiger partial charge in [0.1, 0.15) is 11.0 Å². The quantitative estimate of drug-likeness (QED) is 0.800. The molecule has 1 N–H and O–H groups in total. The fraction of sp³-hybridized carbons (Fsp3) is 0.667. The summed E-state index contributed by atoms with van der Waals surface area (Å²) in [6.45, 7) is 2.30. The van der Waals surface area contributed by atoms with Crippen LogP contribution in [0.15, 0.2) is 12.1 Å². The van der Waals surface area contributed by atoms with Crippen molar-refractivity contribution in [3.8, 4) is 0 Å². The number of fused-ring (bicyclic) bond motifs is 2. The van der Waals surface area contributed by atoms with Crippen LogP contribution in [0.3, 0.4) is 0 Å². The summed E-state index contributed by atoms with van der Waals surface area (Å²) in [5, 5.41) is 4.23. The highest BCUT2D eigenvalue weighted by Crippen LogP contribution is 2.41. The van der Waals surface area contributed by atoms with E-state index in [-0.39, 0.29) is 12.4 Å². The van der Waals surface area contributed by atoms with Gasteiger partial charge in [-0.25, -0.2) is 4.98 Å². The van der Waals surface area contributed by atoms with Gasteiger partial charge in [-0.3, -0.25) is 0 Å². The molecule has 2 aliphatic rings. The van der Waals surface area contributed by atoms with Gasteiger partial charge in [-0.2, -0.15) is 0 Å². The van der Waals surface area contributed by atoms with Gasteiger partial charge in [0.2, 0.25) is 0 Å². The van der Waals surface area contributed by atoms with Crippen LogP contribution >= 0.6 is 24.0 Å². The topological polar surface area (TPSA) is 24.9 Å². The molecule has 0 aromatic carbocycles. The van der Waals surface area contributed by atoms with Crippen LogP contribution in [0.2, 0.25) is 5.15 Å². The van der Waals surface area contributed by atoms with Crippen LogP contribution in [0.4, 0.5) is 5.82 Å². The fourth-order valence-electron chi connectivity index (χ4n) is 3.76. The molecule has 1 aliphatic carbocycles. The minimum absolute atomic E-state index is 0. The monoisotopic (exact) mass is 300 g/mol. The second-order valence-electron chi connectivity index (χ2n) is 5.74. The number of hydrogen-bond donors (Lipinski definition) is 1. The van der Waals surface area contributed by atoms with Crippen molar-refractivity contribution < 1.29 is 0 Å². The van der Waals surface area contributed by atoms with E-state index in [0.717, 1.165) is 17.7 Å². The number of rotatable bonds is 2. The van der Waals surface area contributed by atoms with Gasteiger partial charge in [-0.1, -0.05) is 50.3 Å². The van der Waals surface area contributed by atoms with Crippen molar-refractivity contribution in [2.45, 2.75) is 51.5 Å². The summed E-state index contributed by atoms with van der Waals surface area (Å²) in [5.41, 5.74) is 1.35. The van der Waals surface area contributed by atoms with Crippen LogP contribution < -0.4 is 5.32 Å². The van der Waals surface area contributed by atoms with Crippen LogP contribution in [0.25, 0.3) is 0 Å². The second-order valence-corrected chi connectivity index (χ2v) is 6.13. The van der Waals surface area contributed by atoms with E-state index in [1.54, 1.807) is 0 Å². The maximum Gasteiger partial charge on any atom is 0.131 e. The average Bonchev–Trinajstić information content (AvgIpc) is 2.37. The molecule has 0 radical (unpaired) electrons. The zero-order valence-electron chi connectivity index (χ0n) is 11.4. The van der Waals surface area contributed by atoms with Gasteiger partial charge >= 0.3 is 0 Å². The zero-order chi connectivity index (χ0) is 12.5. The van der Waals surface area contributed by atoms with E-state index < -0.39 is 0 Å². The molecule has 1 aliphatic heterocycles. The summed E-state index contributed by atoms with van der Waals surface area (Å²) < 4.78 is 0. The number of aromatic nitrogens is 1. The third kappa shape index (κ3) is 3.00. The first kappa shape index (κ1) is 14.9. The van der Waals surface area contributed by atoms with E-state index in [4.69, 9.17) is 11.6 Å². The third-order valence-corrected chi connectivity index (χ3v) is 4.80. The molecule has 0 bridgehead atoms. The standard InChI is InChI=1S/C15H21ClN2.ClH/c1-2-4-10-5-3-6-13-12(10)9-11-7-8-14(16)18-15(11)17-13;/h7-8,10,12-13H,2-6,9H2,1H3,(H,17,18);1H/t10?,12-,13-;/m0./s1. The summed E-state index contributed by atoms with van der Waals surface area (Å²) in [5.74, 6) is 2.72. The van der Waals surface area contributed by atoms with Gasteiger partial charge in [0, 0.05) is 6.04 Å². The molecule has 1 fully saturated rings. The first-order valence-electron chi connectivity index (χ1n) is 7.20. The van der Waals surface area contributed by atoms with Crippen molar-refractivity contribution in [2.75, 3.05) is 5.32 Å². The van der Waals surface area contributed by atoms with E-state index in [9.17, 15) is 0 Å². The predicted octanol–water partition coefficient (Wildman–Crippen LogP) is 4.71. The SMILES string of the molecule is CCCC1CCC[C@@H]2Nc3nc(Cl)ccc3C[C@@H]12.Cl. The Labute approximate surface area is 126 Å². The maximum absolute atomic E-state index is 5.98. The molecular weight excluding hydrogens is 279 g/mol. The molecule has 3 rings (SSSR count). The van der Waals surface area contributed by atoms with E-state index in [2.05, 4.69) is 23.3 Å². The smallest absolute Gasteiger partial charge is 0.131 e. The van der Waals surface area contributed by atoms with Crippen LogP contribution in [0.1, 0.15) is 44.6 Å². The molecule has 19 heavy (non-hydrogen) atoms. The number of anilines is 1. The molecule has 1 saturated carbocycles. The zero-order valence-corrected chi connectivity index (χ0v) is 12.9. The summed E-state index contributed by atoms with van der Waals surface area (Å²) in [6, 6.07) is 4.68. The minimum Gasteiger partial charge on any atom is -0.367 e. The van der Waals surface area contributed by atoms with Crippen molar-refractivity contribution in [2.24, 2.45) is 11.8 Å². The number of pyridine rings is 1. The highest BCUT2D eigenvalue weighted by atomic mass is 35.5. The Bertz CT molecular complexity index is 434. The molecule has 4 heteroatoms. The highest BCUT2D eigenvalue weighted by molar-refractivity contribution is 6.29. The lowest BCUT2D eigenvalue weighted by Gasteiger charge is -2.42. The Morgan fingerprint density at radius 3 is 3.00 bits per heavy atom.